The first-order valence-electron chi connectivity index (χ1n) is 7.74. The van der Waals surface area contributed by atoms with Gasteiger partial charge in [-0.1, -0.05) is 11.6 Å². The number of sulfonamides is 1. The molecule has 1 amide bonds. The molecule has 0 spiro atoms. The number of hydrogen-bond acceptors (Lipinski definition) is 6. The van der Waals surface area contributed by atoms with Crippen molar-refractivity contribution in [3.05, 3.63) is 40.2 Å². The highest BCUT2D eigenvalue weighted by atomic mass is 35.5. The number of piperazine rings is 1. The first-order chi connectivity index (χ1) is 12.3. The van der Waals surface area contributed by atoms with E-state index in [0.29, 0.717) is 10.1 Å². The molecule has 140 valence electrons. The quantitative estimate of drug-likeness (QED) is 0.826. The molecule has 0 saturated carbocycles. The maximum atomic E-state index is 12.6. The van der Waals surface area contributed by atoms with Gasteiger partial charge < -0.3 is 14.7 Å². The SMILES string of the molecule is COc1ccc(C(=O)N2CCN(S(=O)(=O)c3ccc(Cl)s3)CC2)c(O)c1. The Hall–Kier alpha value is -1.81. The molecule has 1 saturated heterocycles. The molecule has 3 rings (SSSR count). The molecule has 1 aromatic carbocycles. The average Bonchev–Trinajstić information content (AvgIpc) is 3.08. The summed E-state index contributed by atoms with van der Waals surface area (Å²) in [5.41, 5.74) is 0.159. The molecule has 7 nitrogen and oxygen atoms in total. The van der Waals surface area contributed by atoms with Crippen LogP contribution in [-0.4, -0.2) is 61.9 Å². The van der Waals surface area contributed by atoms with E-state index < -0.39 is 10.0 Å². The minimum absolute atomic E-state index is 0.159. The van der Waals surface area contributed by atoms with E-state index in [0.717, 1.165) is 11.3 Å². The molecule has 1 aliphatic heterocycles. The smallest absolute Gasteiger partial charge is 0.257 e. The molecule has 2 aromatic rings. The van der Waals surface area contributed by atoms with Crippen molar-refractivity contribution in [1.29, 1.82) is 0 Å². The molecule has 0 aliphatic carbocycles. The van der Waals surface area contributed by atoms with Crippen LogP contribution in [0.5, 0.6) is 11.5 Å². The molecule has 1 aromatic heterocycles. The molecule has 0 radical (unpaired) electrons. The van der Waals surface area contributed by atoms with E-state index in [1.807, 2.05) is 0 Å². The monoisotopic (exact) mass is 416 g/mol. The molecular formula is C16H17ClN2O5S2. The van der Waals surface area contributed by atoms with Gasteiger partial charge in [0.2, 0.25) is 0 Å². The fraction of sp³-hybridized carbons (Fsp3) is 0.312. The highest BCUT2D eigenvalue weighted by molar-refractivity contribution is 7.91. The van der Waals surface area contributed by atoms with Crippen LogP contribution in [0.25, 0.3) is 0 Å². The van der Waals surface area contributed by atoms with E-state index in [4.69, 9.17) is 16.3 Å². The normalized spacial score (nSPS) is 15.8. The van der Waals surface area contributed by atoms with Gasteiger partial charge in [-0.15, -0.1) is 11.3 Å². The van der Waals surface area contributed by atoms with Gasteiger partial charge in [-0.25, -0.2) is 8.42 Å². The number of carbonyl (C=O) groups is 1. The number of carbonyl (C=O) groups excluding carboxylic acids is 1. The van der Waals surface area contributed by atoms with Gasteiger partial charge in [-0.05, 0) is 24.3 Å². The number of thiophene rings is 1. The third kappa shape index (κ3) is 3.66. The summed E-state index contributed by atoms with van der Waals surface area (Å²) in [5.74, 6) is -0.0661. The Morgan fingerprint density at radius 2 is 1.88 bits per heavy atom. The first-order valence-corrected chi connectivity index (χ1v) is 10.4. The number of methoxy groups -OCH3 is 1. The number of halogens is 1. The lowest BCUT2D eigenvalue weighted by molar-refractivity contribution is 0.0695. The van der Waals surface area contributed by atoms with Gasteiger partial charge >= 0.3 is 0 Å². The van der Waals surface area contributed by atoms with Crippen molar-refractivity contribution < 1.29 is 23.1 Å². The number of hydrogen-bond donors (Lipinski definition) is 1. The van der Waals surface area contributed by atoms with Crippen molar-refractivity contribution in [3.63, 3.8) is 0 Å². The zero-order valence-electron chi connectivity index (χ0n) is 13.9. The number of aromatic hydroxyl groups is 1. The second kappa shape index (κ2) is 7.43. The topological polar surface area (TPSA) is 87.2 Å². The van der Waals surface area contributed by atoms with Crippen LogP contribution in [0.2, 0.25) is 4.34 Å². The van der Waals surface area contributed by atoms with Crippen molar-refractivity contribution in [2.75, 3.05) is 33.3 Å². The molecule has 2 heterocycles. The Labute approximate surface area is 160 Å². The van der Waals surface area contributed by atoms with Gasteiger partial charge in [0.1, 0.15) is 15.7 Å². The Bertz CT molecular complexity index is 920. The summed E-state index contributed by atoms with van der Waals surface area (Å²) in [7, 11) is -2.14. The van der Waals surface area contributed by atoms with Crippen LogP contribution in [0.15, 0.2) is 34.5 Å². The molecule has 0 unspecified atom stereocenters. The molecule has 10 heteroatoms. The van der Waals surface area contributed by atoms with Gasteiger partial charge in [0.25, 0.3) is 15.9 Å². The summed E-state index contributed by atoms with van der Waals surface area (Å²) in [4.78, 5) is 14.1. The van der Waals surface area contributed by atoms with Crippen molar-refractivity contribution in [2.24, 2.45) is 0 Å². The van der Waals surface area contributed by atoms with Crippen LogP contribution >= 0.6 is 22.9 Å². The summed E-state index contributed by atoms with van der Waals surface area (Å²) in [6.45, 7) is 0.840. The third-order valence-electron chi connectivity index (χ3n) is 4.10. The van der Waals surface area contributed by atoms with Crippen LogP contribution in [0.3, 0.4) is 0 Å². The molecular weight excluding hydrogens is 400 g/mol. The lowest BCUT2D eigenvalue weighted by Crippen LogP contribution is -2.50. The van der Waals surface area contributed by atoms with E-state index in [1.165, 1.54) is 34.5 Å². The lowest BCUT2D eigenvalue weighted by atomic mass is 10.1. The van der Waals surface area contributed by atoms with E-state index in [1.54, 1.807) is 12.1 Å². The van der Waals surface area contributed by atoms with Gasteiger partial charge in [-0.2, -0.15) is 4.31 Å². The summed E-state index contributed by atoms with van der Waals surface area (Å²) >= 11 is 6.83. The lowest BCUT2D eigenvalue weighted by Gasteiger charge is -2.33. The van der Waals surface area contributed by atoms with E-state index >= 15 is 0 Å². The predicted molar refractivity (Wildman–Crippen MR) is 98.7 cm³/mol. The number of benzene rings is 1. The fourth-order valence-corrected chi connectivity index (χ4v) is 5.74. The van der Waals surface area contributed by atoms with Gasteiger partial charge in [0, 0.05) is 32.2 Å². The zero-order valence-corrected chi connectivity index (χ0v) is 16.3. The number of phenolic OH excluding ortho intramolecular Hbond substituents is 1. The summed E-state index contributed by atoms with van der Waals surface area (Å²) in [6.07, 6.45) is 0. The van der Waals surface area contributed by atoms with E-state index in [9.17, 15) is 18.3 Å². The third-order valence-corrected chi connectivity index (χ3v) is 7.70. The van der Waals surface area contributed by atoms with Gasteiger partial charge in [-0.3, -0.25) is 4.79 Å². The van der Waals surface area contributed by atoms with E-state index in [-0.39, 0.29) is 47.6 Å². The van der Waals surface area contributed by atoms with Crippen molar-refractivity contribution in [1.82, 2.24) is 9.21 Å². The largest absolute Gasteiger partial charge is 0.507 e. The Morgan fingerprint density at radius 3 is 2.42 bits per heavy atom. The molecule has 0 atom stereocenters. The standard InChI is InChI=1S/C16H17ClN2O5S2/c1-24-11-2-3-12(13(20)10-11)16(21)18-6-8-19(9-7-18)26(22,23)15-5-4-14(17)25-15/h2-5,10,20H,6-9H2,1H3. The highest BCUT2D eigenvalue weighted by Gasteiger charge is 2.32. The van der Waals surface area contributed by atoms with Crippen molar-refractivity contribution in [3.8, 4) is 11.5 Å². The molecule has 1 aliphatic rings. The van der Waals surface area contributed by atoms with Crippen LogP contribution in [0.1, 0.15) is 10.4 Å². The van der Waals surface area contributed by atoms with Gasteiger partial charge in [0.05, 0.1) is 17.0 Å². The summed E-state index contributed by atoms with van der Waals surface area (Å²) < 4.78 is 32.1. The van der Waals surface area contributed by atoms with Crippen LogP contribution < -0.4 is 4.74 Å². The maximum absolute atomic E-state index is 12.6. The van der Waals surface area contributed by atoms with Crippen LogP contribution in [-0.2, 0) is 10.0 Å². The minimum Gasteiger partial charge on any atom is -0.507 e. The Kier molecular flexibility index (Phi) is 5.42. The van der Waals surface area contributed by atoms with Crippen LogP contribution in [0, 0.1) is 0 Å². The molecule has 26 heavy (non-hydrogen) atoms. The average molecular weight is 417 g/mol. The number of ether oxygens (including phenoxy) is 1. The Morgan fingerprint density at radius 1 is 1.19 bits per heavy atom. The second-order valence-corrected chi connectivity index (χ2v) is 9.52. The number of nitrogens with zero attached hydrogens (tertiary/aromatic N) is 2. The zero-order chi connectivity index (χ0) is 18.9. The summed E-state index contributed by atoms with van der Waals surface area (Å²) in [5, 5.41) is 10.0. The first kappa shape index (κ1) is 19.0. The molecule has 1 N–H and O–H groups in total. The van der Waals surface area contributed by atoms with Crippen LogP contribution in [0.4, 0.5) is 0 Å². The number of phenols is 1. The fourth-order valence-electron chi connectivity index (χ4n) is 2.68. The predicted octanol–water partition coefficient (Wildman–Crippen LogP) is 2.26. The minimum atomic E-state index is -3.61. The summed E-state index contributed by atoms with van der Waals surface area (Å²) in [6, 6.07) is 7.48. The number of amides is 1. The molecule has 0 bridgehead atoms. The van der Waals surface area contributed by atoms with Crippen molar-refractivity contribution in [2.45, 2.75) is 4.21 Å². The van der Waals surface area contributed by atoms with Gasteiger partial charge in [0.15, 0.2) is 0 Å². The Balaban J connectivity index is 1.69. The highest BCUT2D eigenvalue weighted by Crippen LogP contribution is 2.29. The molecule has 1 fully saturated rings. The van der Waals surface area contributed by atoms with E-state index in [2.05, 4.69) is 0 Å². The van der Waals surface area contributed by atoms with Crippen molar-refractivity contribution >= 4 is 38.9 Å². The second-order valence-electron chi connectivity index (χ2n) is 5.64. The number of rotatable bonds is 4. The maximum Gasteiger partial charge on any atom is 0.257 e.